The second-order valence-electron chi connectivity index (χ2n) is 6.64. The zero-order valence-corrected chi connectivity index (χ0v) is 16.7. The van der Waals surface area contributed by atoms with Crippen LogP contribution < -0.4 is 20.7 Å². The Morgan fingerprint density at radius 1 is 1.21 bits per heavy atom. The lowest BCUT2D eigenvalue weighted by molar-refractivity contribution is 0.393. The predicted molar refractivity (Wildman–Crippen MR) is 110 cm³/mol. The number of allylic oxidation sites excluding steroid dienone is 1. The smallest absolute Gasteiger partial charge is 0.332 e. The van der Waals surface area contributed by atoms with Gasteiger partial charge in [-0.25, -0.2) is 4.79 Å². The van der Waals surface area contributed by atoms with Crippen molar-refractivity contribution in [3.63, 3.8) is 0 Å². The quantitative estimate of drug-likeness (QED) is 0.480. The minimum Gasteiger partial charge on any atom is -0.497 e. The molecule has 0 saturated heterocycles. The fourth-order valence-electron chi connectivity index (χ4n) is 3.57. The van der Waals surface area contributed by atoms with Crippen molar-refractivity contribution in [3.8, 4) is 17.2 Å². The lowest BCUT2D eigenvalue weighted by atomic mass is 10.2. The summed E-state index contributed by atoms with van der Waals surface area (Å²) >= 11 is 0. The van der Waals surface area contributed by atoms with E-state index < -0.39 is 11.2 Å². The number of ether oxygens (including phenoxy) is 2. The molecule has 0 N–H and O–H groups in total. The second kappa shape index (κ2) is 6.69. The summed E-state index contributed by atoms with van der Waals surface area (Å²) in [7, 11) is 4.76. The van der Waals surface area contributed by atoms with Crippen LogP contribution in [-0.4, -0.2) is 37.3 Å². The minimum atomic E-state index is -0.437. The van der Waals surface area contributed by atoms with E-state index in [1.54, 1.807) is 31.7 Å². The number of rotatable bonds is 5. The molecular weight excluding hydrogens is 374 g/mol. The van der Waals surface area contributed by atoms with E-state index in [4.69, 9.17) is 9.47 Å². The summed E-state index contributed by atoms with van der Waals surface area (Å²) in [6.07, 6.45) is 3.34. The summed E-state index contributed by atoms with van der Waals surface area (Å²) in [6.45, 7) is 5.67. The third-order valence-electron chi connectivity index (χ3n) is 4.97. The van der Waals surface area contributed by atoms with Crippen LogP contribution in [0.15, 0.2) is 46.6 Å². The van der Waals surface area contributed by atoms with Crippen LogP contribution in [0.3, 0.4) is 0 Å². The Morgan fingerprint density at radius 2 is 1.97 bits per heavy atom. The van der Waals surface area contributed by atoms with Gasteiger partial charge < -0.3 is 9.47 Å². The van der Waals surface area contributed by atoms with Gasteiger partial charge in [0, 0.05) is 31.5 Å². The first-order valence-corrected chi connectivity index (χ1v) is 8.96. The van der Waals surface area contributed by atoms with Gasteiger partial charge in [-0.1, -0.05) is 6.08 Å². The molecule has 0 radical (unpaired) electrons. The molecule has 9 heteroatoms. The van der Waals surface area contributed by atoms with Crippen molar-refractivity contribution in [2.45, 2.75) is 13.5 Å². The number of aromatic nitrogens is 5. The van der Waals surface area contributed by atoms with Crippen molar-refractivity contribution in [3.05, 3.63) is 63.6 Å². The Kier molecular flexibility index (Phi) is 4.30. The fourth-order valence-corrected chi connectivity index (χ4v) is 3.57. The Balaban J connectivity index is 2.12. The molecule has 9 nitrogen and oxygen atoms in total. The first-order valence-electron chi connectivity index (χ1n) is 8.96. The van der Waals surface area contributed by atoms with Gasteiger partial charge >= 0.3 is 5.69 Å². The van der Waals surface area contributed by atoms with Crippen LogP contribution in [0.1, 0.15) is 5.69 Å². The second-order valence-corrected chi connectivity index (χ2v) is 6.64. The van der Waals surface area contributed by atoms with E-state index in [0.717, 1.165) is 15.9 Å². The molecule has 0 spiro atoms. The van der Waals surface area contributed by atoms with Gasteiger partial charge in [0.25, 0.3) is 5.56 Å². The van der Waals surface area contributed by atoms with Crippen LogP contribution in [0.2, 0.25) is 0 Å². The molecule has 0 aliphatic heterocycles. The van der Waals surface area contributed by atoms with Crippen molar-refractivity contribution in [1.82, 2.24) is 23.1 Å². The largest absolute Gasteiger partial charge is 0.497 e. The third-order valence-corrected chi connectivity index (χ3v) is 4.97. The van der Waals surface area contributed by atoms with Crippen molar-refractivity contribution >= 4 is 16.9 Å². The van der Waals surface area contributed by atoms with Crippen LogP contribution in [0.5, 0.6) is 11.5 Å². The van der Waals surface area contributed by atoms with Gasteiger partial charge in [-0.05, 0) is 19.1 Å². The van der Waals surface area contributed by atoms with E-state index in [2.05, 4.69) is 11.6 Å². The molecule has 0 atom stereocenters. The van der Waals surface area contributed by atoms with Gasteiger partial charge in [0.1, 0.15) is 11.5 Å². The number of imidazole rings is 2. The SMILES string of the molecule is C=CCn1c(=O)c2c(nc3n(-c4ccc(OC)cc4OC)c(C)cn23)n(C)c1=O. The van der Waals surface area contributed by atoms with Crippen LogP contribution in [0.25, 0.3) is 22.6 Å². The lowest BCUT2D eigenvalue weighted by Gasteiger charge is -2.12. The van der Waals surface area contributed by atoms with E-state index in [9.17, 15) is 9.59 Å². The molecule has 0 unspecified atom stereocenters. The van der Waals surface area contributed by atoms with E-state index >= 15 is 0 Å². The highest BCUT2D eigenvalue weighted by atomic mass is 16.5. The summed E-state index contributed by atoms with van der Waals surface area (Å²) in [5.41, 5.74) is 1.39. The molecule has 150 valence electrons. The number of hydrogen-bond donors (Lipinski definition) is 0. The molecule has 0 aliphatic carbocycles. The number of hydrogen-bond acceptors (Lipinski definition) is 5. The van der Waals surface area contributed by atoms with E-state index in [1.807, 2.05) is 29.8 Å². The van der Waals surface area contributed by atoms with Crippen LogP contribution in [0, 0.1) is 6.92 Å². The van der Waals surface area contributed by atoms with Crippen LogP contribution in [0.4, 0.5) is 0 Å². The summed E-state index contributed by atoms with van der Waals surface area (Å²) in [5, 5.41) is 0. The summed E-state index contributed by atoms with van der Waals surface area (Å²) in [6, 6.07) is 5.46. The Bertz CT molecular complexity index is 1390. The fraction of sp³-hybridized carbons (Fsp3) is 0.250. The Hall–Kier alpha value is -3.75. The molecule has 0 aliphatic rings. The minimum absolute atomic E-state index is 0.126. The average Bonchev–Trinajstić information content (AvgIpc) is 3.23. The summed E-state index contributed by atoms with van der Waals surface area (Å²) < 4.78 is 16.9. The molecule has 1 aromatic carbocycles. The summed E-state index contributed by atoms with van der Waals surface area (Å²) in [4.78, 5) is 30.2. The van der Waals surface area contributed by atoms with Gasteiger partial charge in [-0.15, -0.1) is 6.58 Å². The highest BCUT2D eigenvalue weighted by Crippen LogP contribution is 2.31. The third kappa shape index (κ3) is 2.58. The molecular formula is C20H21N5O4. The van der Waals surface area contributed by atoms with Crippen molar-refractivity contribution in [2.75, 3.05) is 14.2 Å². The van der Waals surface area contributed by atoms with E-state index in [-0.39, 0.29) is 6.54 Å². The topological polar surface area (TPSA) is 84.7 Å². The van der Waals surface area contributed by atoms with Crippen molar-refractivity contribution in [1.29, 1.82) is 0 Å². The molecule has 0 amide bonds. The van der Waals surface area contributed by atoms with E-state index in [1.165, 1.54) is 10.6 Å². The number of nitrogens with zero attached hydrogens (tertiary/aromatic N) is 5. The van der Waals surface area contributed by atoms with E-state index in [0.29, 0.717) is 28.4 Å². The van der Waals surface area contributed by atoms with Crippen molar-refractivity contribution < 1.29 is 9.47 Å². The first kappa shape index (κ1) is 18.6. The van der Waals surface area contributed by atoms with Crippen LogP contribution >= 0.6 is 0 Å². The van der Waals surface area contributed by atoms with Crippen molar-refractivity contribution in [2.24, 2.45) is 7.05 Å². The van der Waals surface area contributed by atoms with Crippen LogP contribution in [-0.2, 0) is 13.6 Å². The lowest BCUT2D eigenvalue weighted by Crippen LogP contribution is -2.39. The average molecular weight is 395 g/mol. The molecule has 3 heterocycles. The maximum absolute atomic E-state index is 13.0. The maximum atomic E-state index is 13.0. The highest BCUT2D eigenvalue weighted by molar-refractivity contribution is 5.77. The normalized spacial score (nSPS) is 11.3. The zero-order valence-electron chi connectivity index (χ0n) is 16.7. The monoisotopic (exact) mass is 395 g/mol. The van der Waals surface area contributed by atoms with Gasteiger partial charge in [0.15, 0.2) is 11.2 Å². The molecule has 0 saturated carbocycles. The predicted octanol–water partition coefficient (Wildman–Crippen LogP) is 1.65. The van der Waals surface area contributed by atoms with Gasteiger partial charge in [-0.2, -0.15) is 4.98 Å². The maximum Gasteiger partial charge on any atom is 0.332 e. The molecule has 0 bridgehead atoms. The Morgan fingerprint density at radius 3 is 2.62 bits per heavy atom. The Labute approximate surface area is 165 Å². The number of benzene rings is 1. The first-order chi connectivity index (χ1) is 13.9. The number of fused-ring (bicyclic) bond motifs is 3. The van der Waals surface area contributed by atoms with Gasteiger partial charge in [0.2, 0.25) is 5.78 Å². The molecule has 4 rings (SSSR count). The van der Waals surface area contributed by atoms with Gasteiger partial charge in [-0.3, -0.25) is 22.9 Å². The number of methoxy groups -OCH3 is 2. The standard InChI is InChI=1S/C20H21N5O4/c1-6-9-23-18(26)16-17(22(3)20(23)27)21-19-24(16)11-12(2)25(19)14-8-7-13(28-4)10-15(14)29-5/h6-8,10-11H,1,9H2,2-5H3. The van der Waals surface area contributed by atoms with Gasteiger partial charge in [0.05, 0.1) is 19.9 Å². The molecule has 29 heavy (non-hydrogen) atoms. The summed E-state index contributed by atoms with van der Waals surface area (Å²) in [5.74, 6) is 1.76. The molecule has 3 aromatic heterocycles. The molecule has 0 fully saturated rings. The number of aryl methyl sites for hydroxylation is 2. The zero-order chi connectivity index (χ0) is 20.9. The molecule has 4 aromatic rings. The highest BCUT2D eigenvalue weighted by Gasteiger charge is 2.21.